The number of benzene rings is 3. The molecule has 0 spiro atoms. The van der Waals surface area contributed by atoms with E-state index >= 15 is 0 Å². The molecule has 0 heterocycles. The maximum atomic E-state index is 12.5. The lowest BCUT2D eigenvalue weighted by Crippen LogP contribution is -2.18. The van der Waals surface area contributed by atoms with Crippen LogP contribution in [0.25, 0.3) is 0 Å². The molecule has 0 fully saturated rings. The van der Waals surface area contributed by atoms with Gasteiger partial charge in [0.25, 0.3) is 5.91 Å². The van der Waals surface area contributed by atoms with Crippen molar-refractivity contribution in [1.82, 2.24) is 5.43 Å². The number of carbonyl (C=O) groups is 1. The molecule has 3 aromatic rings. The summed E-state index contributed by atoms with van der Waals surface area (Å²) in [5.41, 5.74) is 4.71. The number of para-hydroxylation sites is 1. The van der Waals surface area contributed by atoms with E-state index < -0.39 is 0 Å². The molecule has 0 aliphatic carbocycles. The van der Waals surface area contributed by atoms with E-state index in [-0.39, 0.29) is 5.91 Å². The zero-order chi connectivity index (χ0) is 21.2. The van der Waals surface area contributed by atoms with Gasteiger partial charge in [0.05, 0.1) is 11.8 Å². The fraction of sp³-hybridized carbons (Fsp3) is 0.0833. The SMILES string of the molecule is C=CCOc1ccc(/C=N\NC(=O)c2ccccc2OCc2ccc(Cl)cc2)cc1. The summed E-state index contributed by atoms with van der Waals surface area (Å²) in [6.07, 6.45) is 3.24. The smallest absolute Gasteiger partial charge is 0.275 e. The highest BCUT2D eigenvalue weighted by Crippen LogP contribution is 2.20. The van der Waals surface area contributed by atoms with Crippen LogP contribution in [0.15, 0.2) is 90.6 Å². The molecule has 0 aromatic heterocycles. The Kier molecular flexibility index (Phi) is 7.64. The second kappa shape index (κ2) is 10.8. The van der Waals surface area contributed by atoms with Gasteiger partial charge in [0.15, 0.2) is 0 Å². The molecule has 5 nitrogen and oxygen atoms in total. The number of hydrazone groups is 1. The standard InChI is InChI=1S/C24H21ClN2O3/c1-2-15-29-21-13-9-18(10-14-21)16-26-27-24(28)22-5-3-4-6-23(22)30-17-19-7-11-20(25)12-8-19/h2-14,16H,1,15,17H2,(H,27,28)/b26-16-. The van der Waals surface area contributed by atoms with E-state index in [2.05, 4.69) is 17.1 Å². The van der Waals surface area contributed by atoms with Crippen LogP contribution in [0, 0.1) is 0 Å². The van der Waals surface area contributed by atoms with Crippen molar-refractivity contribution in [2.45, 2.75) is 6.61 Å². The molecular formula is C24H21ClN2O3. The molecule has 3 aromatic carbocycles. The van der Waals surface area contributed by atoms with Crippen molar-refractivity contribution in [3.05, 3.63) is 107 Å². The van der Waals surface area contributed by atoms with Gasteiger partial charge in [-0.05, 0) is 59.7 Å². The first kappa shape index (κ1) is 21.1. The predicted molar refractivity (Wildman–Crippen MR) is 119 cm³/mol. The van der Waals surface area contributed by atoms with Crippen LogP contribution in [-0.4, -0.2) is 18.7 Å². The van der Waals surface area contributed by atoms with E-state index in [0.717, 1.165) is 16.9 Å². The van der Waals surface area contributed by atoms with Crippen molar-refractivity contribution < 1.29 is 14.3 Å². The topological polar surface area (TPSA) is 59.9 Å². The van der Waals surface area contributed by atoms with Gasteiger partial charge >= 0.3 is 0 Å². The van der Waals surface area contributed by atoms with Crippen LogP contribution in [0.1, 0.15) is 21.5 Å². The van der Waals surface area contributed by atoms with E-state index in [4.69, 9.17) is 21.1 Å². The highest BCUT2D eigenvalue weighted by atomic mass is 35.5. The Labute approximate surface area is 180 Å². The summed E-state index contributed by atoms with van der Waals surface area (Å²) in [6, 6.07) is 21.7. The third-order valence-electron chi connectivity index (χ3n) is 4.07. The number of carbonyl (C=O) groups excluding carboxylic acids is 1. The number of amides is 1. The molecule has 3 rings (SSSR count). The van der Waals surface area contributed by atoms with E-state index in [0.29, 0.717) is 29.5 Å². The van der Waals surface area contributed by atoms with E-state index in [1.54, 1.807) is 42.6 Å². The summed E-state index contributed by atoms with van der Waals surface area (Å²) in [5.74, 6) is 0.857. The zero-order valence-corrected chi connectivity index (χ0v) is 17.0. The molecule has 30 heavy (non-hydrogen) atoms. The number of ether oxygens (including phenoxy) is 2. The Morgan fingerprint density at radius 2 is 1.73 bits per heavy atom. The van der Waals surface area contributed by atoms with Gasteiger partial charge < -0.3 is 9.47 Å². The fourth-order valence-electron chi connectivity index (χ4n) is 2.55. The van der Waals surface area contributed by atoms with E-state index in [1.807, 2.05) is 42.5 Å². The van der Waals surface area contributed by atoms with Crippen LogP contribution in [0.4, 0.5) is 0 Å². The first-order chi connectivity index (χ1) is 14.7. The van der Waals surface area contributed by atoms with Crippen molar-refractivity contribution in [3.63, 3.8) is 0 Å². The average Bonchev–Trinajstić information content (AvgIpc) is 2.78. The first-order valence-electron chi connectivity index (χ1n) is 9.29. The van der Waals surface area contributed by atoms with E-state index in [9.17, 15) is 4.79 Å². The third kappa shape index (κ3) is 6.22. The lowest BCUT2D eigenvalue weighted by atomic mass is 10.2. The van der Waals surface area contributed by atoms with Gasteiger partial charge in [-0.15, -0.1) is 0 Å². The highest BCUT2D eigenvalue weighted by molar-refractivity contribution is 6.30. The highest BCUT2D eigenvalue weighted by Gasteiger charge is 2.11. The lowest BCUT2D eigenvalue weighted by Gasteiger charge is -2.10. The zero-order valence-electron chi connectivity index (χ0n) is 16.3. The van der Waals surface area contributed by atoms with Crippen LogP contribution in [0.2, 0.25) is 5.02 Å². The Morgan fingerprint density at radius 3 is 2.47 bits per heavy atom. The third-order valence-corrected chi connectivity index (χ3v) is 4.32. The van der Waals surface area contributed by atoms with Crippen molar-refractivity contribution in [2.75, 3.05) is 6.61 Å². The van der Waals surface area contributed by atoms with Crippen molar-refractivity contribution in [3.8, 4) is 11.5 Å². The normalized spacial score (nSPS) is 10.6. The number of hydrogen-bond donors (Lipinski definition) is 1. The van der Waals surface area contributed by atoms with Crippen LogP contribution in [0.5, 0.6) is 11.5 Å². The van der Waals surface area contributed by atoms with Gasteiger partial charge in [0, 0.05) is 5.02 Å². The monoisotopic (exact) mass is 420 g/mol. The van der Waals surface area contributed by atoms with Crippen LogP contribution < -0.4 is 14.9 Å². The second-order valence-corrected chi connectivity index (χ2v) is 6.72. The summed E-state index contributed by atoms with van der Waals surface area (Å²) in [5, 5.41) is 4.69. The van der Waals surface area contributed by atoms with Gasteiger partial charge in [-0.25, -0.2) is 5.43 Å². The van der Waals surface area contributed by atoms with Crippen molar-refractivity contribution in [2.24, 2.45) is 5.10 Å². The minimum Gasteiger partial charge on any atom is -0.490 e. The van der Waals surface area contributed by atoms with Crippen molar-refractivity contribution in [1.29, 1.82) is 0 Å². The van der Waals surface area contributed by atoms with Gasteiger partial charge in [-0.2, -0.15) is 5.10 Å². The Morgan fingerprint density at radius 1 is 1.00 bits per heavy atom. The number of halogens is 1. The summed E-state index contributed by atoms with van der Waals surface area (Å²) >= 11 is 5.90. The summed E-state index contributed by atoms with van der Waals surface area (Å²) < 4.78 is 11.2. The Bertz CT molecular complexity index is 1020. The molecule has 0 atom stereocenters. The van der Waals surface area contributed by atoms with Crippen LogP contribution in [0.3, 0.4) is 0 Å². The minimum atomic E-state index is -0.358. The summed E-state index contributed by atoms with van der Waals surface area (Å²) in [6.45, 7) is 4.38. The molecule has 0 aliphatic heterocycles. The lowest BCUT2D eigenvalue weighted by molar-refractivity contribution is 0.0950. The van der Waals surface area contributed by atoms with Gasteiger partial charge in [0.2, 0.25) is 0 Å². The number of rotatable bonds is 9. The molecule has 0 radical (unpaired) electrons. The van der Waals surface area contributed by atoms with Gasteiger partial charge in [-0.1, -0.05) is 48.5 Å². The minimum absolute atomic E-state index is 0.324. The molecular weight excluding hydrogens is 400 g/mol. The van der Waals surface area contributed by atoms with Crippen LogP contribution in [-0.2, 0) is 6.61 Å². The molecule has 0 unspecified atom stereocenters. The maximum Gasteiger partial charge on any atom is 0.275 e. The quantitative estimate of drug-likeness (QED) is 0.292. The molecule has 152 valence electrons. The summed E-state index contributed by atoms with van der Waals surface area (Å²) in [4.78, 5) is 12.5. The predicted octanol–water partition coefficient (Wildman–Crippen LogP) is 5.25. The second-order valence-electron chi connectivity index (χ2n) is 6.28. The van der Waals surface area contributed by atoms with Crippen LogP contribution >= 0.6 is 11.6 Å². The summed E-state index contributed by atoms with van der Waals surface area (Å²) in [7, 11) is 0. The Hall–Kier alpha value is -3.57. The van der Waals surface area contributed by atoms with E-state index in [1.165, 1.54) is 0 Å². The van der Waals surface area contributed by atoms with Crippen molar-refractivity contribution >= 4 is 23.7 Å². The average molecular weight is 421 g/mol. The molecule has 0 bridgehead atoms. The number of nitrogens with one attached hydrogen (secondary N) is 1. The number of hydrogen-bond acceptors (Lipinski definition) is 4. The molecule has 0 saturated carbocycles. The number of nitrogens with zero attached hydrogens (tertiary/aromatic N) is 1. The molecule has 0 saturated heterocycles. The fourth-order valence-corrected chi connectivity index (χ4v) is 2.68. The maximum absolute atomic E-state index is 12.5. The molecule has 1 amide bonds. The van der Waals surface area contributed by atoms with Gasteiger partial charge in [0.1, 0.15) is 24.7 Å². The molecule has 6 heteroatoms. The largest absolute Gasteiger partial charge is 0.490 e. The van der Waals surface area contributed by atoms with Gasteiger partial charge in [-0.3, -0.25) is 4.79 Å². The first-order valence-corrected chi connectivity index (χ1v) is 9.67. The molecule has 0 aliphatic rings. The molecule has 1 N–H and O–H groups in total. The Balaban J connectivity index is 1.59.